The number of aromatic nitrogens is 1. The summed E-state index contributed by atoms with van der Waals surface area (Å²) in [7, 11) is 0. The maximum atomic E-state index is 13.5. The molecule has 0 aliphatic carbocycles. The van der Waals surface area contributed by atoms with Crippen LogP contribution in [-0.4, -0.2) is 10.4 Å². The molecule has 0 unspecified atom stereocenters. The zero-order valence-corrected chi connectivity index (χ0v) is 16.5. The lowest BCUT2D eigenvalue weighted by atomic mass is 9.96. The van der Waals surface area contributed by atoms with E-state index in [2.05, 4.69) is 20.8 Å². The van der Waals surface area contributed by atoms with Crippen molar-refractivity contribution in [1.29, 1.82) is 0 Å². The van der Waals surface area contributed by atoms with Crippen LogP contribution in [0.25, 0.3) is 22.0 Å². The monoisotopic (exact) mass is 387 g/mol. The zero-order chi connectivity index (χ0) is 20.7. The van der Waals surface area contributed by atoms with Crippen molar-refractivity contribution in [2.45, 2.75) is 46.8 Å². The summed E-state index contributed by atoms with van der Waals surface area (Å²) < 4.78 is 42.4. The van der Waals surface area contributed by atoms with Gasteiger partial charge in [-0.25, -0.2) is 0 Å². The van der Waals surface area contributed by atoms with E-state index in [1.165, 1.54) is 12.1 Å². The number of Topliss-reactive ketones (excluding diaryl/α,β-unsaturated/α-hetero) is 1. The van der Waals surface area contributed by atoms with Gasteiger partial charge in [0.2, 0.25) is 0 Å². The van der Waals surface area contributed by atoms with Crippen LogP contribution in [0.3, 0.4) is 0 Å². The third kappa shape index (κ3) is 3.98. The molecule has 1 aromatic heterocycles. The minimum Gasteiger partial charge on any atom is -0.346 e. The number of carbonyl (C=O) groups excluding carboxylic acids is 1. The summed E-state index contributed by atoms with van der Waals surface area (Å²) in [5.41, 5.74) is 1.33. The highest BCUT2D eigenvalue weighted by Gasteiger charge is 2.33. The van der Waals surface area contributed by atoms with Crippen molar-refractivity contribution >= 4 is 16.7 Å². The van der Waals surface area contributed by atoms with E-state index in [9.17, 15) is 18.0 Å². The lowest BCUT2D eigenvalue weighted by molar-refractivity contribution is -0.137. The third-order valence-corrected chi connectivity index (χ3v) is 4.69. The minimum absolute atomic E-state index is 0.0288. The summed E-state index contributed by atoms with van der Waals surface area (Å²) in [6.07, 6.45) is -2.21. The van der Waals surface area contributed by atoms with E-state index < -0.39 is 11.7 Å². The molecule has 5 heteroatoms. The predicted octanol–water partition coefficient (Wildman–Crippen LogP) is 6.97. The first-order valence-electron chi connectivity index (χ1n) is 9.34. The number of fused-ring (bicyclic) bond motifs is 1. The fourth-order valence-electron chi connectivity index (χ4n) is 3.50. The zero-order valence-electron chi connectivity index (χ0n) is 16.5. The molecular formula is C23H24F3NO. The molecule has 0 spiro atoms. The van der Waals surface area contributed by atoms with Crippen LogP contribution in [0.15, 0.2) is 48.7 Å². The van der Waals surface area contributed by atoms with Crippen molar-refractivity contribution in [2.24, 2.45) is 5.41 Å². The highest BCUT2D eigenvalue weighted by atomic mass is 19.4. The van der Waals surface area contributed by atoms with Crippen LogP contribution in [0, 0.1) is 5.41 Å². The van der Waals surface area contributed by atoms with Crippen molar-refractivity contribution in [2.75, 3.05) is 0 Å². The van der Waals surface area contributed by atoms with E-state index in [0.717, 1.165) is 17.0 Å². The van der Waals surface area contributed by atoms with Crippen molar-refractivity contribution in [3.8, 4) is 11.1 Å². The molecule has 1 heterocycles. The highest BCUT2D eigenvalue weighted by Crippen LogP contribution is 2.38. The van der Waals surface area contributed by atoms with Crippen LogP contribution in [0.5, 0.6) is 0 Å². The molecular weight excluding hydrogens is 363 g/mol. The SMILES string of the molecule is CCC(=O)c1cn(CC(C)(C)C)c2cc(-c3ccccc3C(F)(F)F)ccc12. The molecule has 2 nitrogen and oxygen atoms in total. The molecule has 0 aliphatic heterocycles. The second kappa shape index (κ2) is 7.12. The van der Waals surface area contributed by atoms with Gasteiger partial charge in [-0.2, -0.15) is 13.2 Å². The van der Waals surface area contributed by atoms with E-state index in [0.29, 0.717) is 24.1 Å². The molecule has 3 aromatic rings. The van der Waals surface area contributed by atoms with Crippen LogP contribution in [0.2, 0.25) is 0 Å². The lowest BCUT2D eigenvalue weighted by Gasteiger charge is -2.20. The molecule has 0 saturated carbocycles. The van der Waals surface area contributed by atoms with Gasteiger partial charge in [-0.3, -0.25) is 4.79 Å². The first-order chi connectivity index (χ1) is 13.0. The van der Waals surface area contributed by atoms with Gasteiger partial charge in [0.25, 0.3) is 0 Å². The van der Waals surface area contributed by atoms with Crippen molar-refractivity contribution < 1.29 is 18.0 Å². The number of ketones is 1. The summed E-state index contributed by atoms with van der Waals surface area (Å²) in [6, 6.07) is 10.8. The van der Waals surface area contributed by atoms with Crippen LogP contribution in [-0.2, 0) is 12.7 Å². The van der Waals surface area contributed by atoms with Crippen LogP contribution < -0.4 is 0 Å². The highest BCUT2D eigenvalue weighted by molar-refractivity contribution is 6.08. The first-order valence-corrected chi connectivity index (χ1v) is 9.34. The molecule has 0 aliphatic rings. The molecule has 3 rings (SSSR count). The van der Waals surface area contributed by atoms with Gasteiger partial charge in [-0.1, -0.05) is 58.0 Å². The molecule has 28 heavy (non-hydrogen) atoms. The van der Waals surface area contributed by atoms with Gasteiger partial charge in [0, 0.05) is 35.6 Å². The Hall–Kier alpha value is -2.56. The number of hydrogen-bond acceptors (Lipinski definition) is 1. The van der Waals surface area contributed by atoms with Crippen molar-refractivity contribution in [3.05, 3.63) is 59.8 Å². The quantitative estimate of drug-likeness (QED) is 0.443. The number of rotatable bonds is 4. The second-order valence-electron chi connectivity index (χ2n) is 8.28. The van der Waals surface area contributed by atoms with Gasteiger partial charge in [0.05, 0.1) is 5.56 Å². The molecule has 148 valence electrons. The van der Waals surface area contributed by atoms with Gasteiger partial charge in [0.1, 0.15) is 0 Å². The Kier molecular flexibility index (Phi) is 5.13. The molecule has 0 amide bonds. The molecule has 0 bridgehead atoms. The Balaban J connectivity index is 2.24. The normalized spacial score (nSPS) is 12.5. The Labute approximate surface area is 163 Å². The van der Waals surface area contributed by atoms with E-state index >= 15 is 0 Å². The van der Waals surface area contributed by atoms with Gasteiger partial charge in [0.15, 0.2) is 5.78 Å². The summed E-state index contributed by atoms with van der Waals surface area (Å²) in [5, 5.41) is 0.782. The Morgan fingerprint density at radius 3 is 2.32 bits per heavy atom. The Bertz CT molecular complexity index is 1020. The van der Waals surface area contributed by atoms with E-state index in [1.807, 2.05) is 17.7 Å². The van der Waals surface area contributed by atoms with Crippen molar-refractivity contribution in [1.82, 2.24) is 4.57 Å². The molecule has 0 saturated heterocycles. The number of hydrogen-bond donors (Lipinski definition) is 0. The van der Waals surface area contributed by atoms with Crippen LogP contribution in [0.4, 0.5) is 13.2 Å². The average molecular weight is 387 g/mol. The smallest absolute Gasteiger partial charge is 0.346 e. The summed E-state index contributed by atoms with van der Waals surface area (Å²) in [5.74, 6) is 0.0288. The van der Waals surface area contributed by atoms with Crippen LogP contribution in [0.1, 0.15) is 50.0 Å². The lowest BCUT2D eigenvalue weighted by Crippen LogP contribution is -2.14. The van der Waals surface area contributed by atoms with E-state index in [1.54, 1.807) is 24.3 Å². The summed E-state index contributed by atoms with van der Waals surface area (Å²) >= 11 is 0. The Morgan fingerprint density at radius 1 is 1.04 bits per heavy atom. The fraction of sp³-hybridized carbons (Fsp3) is 0.348. The molecule has 0 N–H and O–H groups in total. The average Bonchev–Trinajstić information content (AvgIpc) is 2.96. The standard InChI is InChI=1S/C23H24F3NO/c1-5-21(28)18-13-27(14-22(2,3)4)20-12-15(10-11-17(18)20)16-8-6-7-9-19(16)23(24,25)26/h6-13H,5,14H2,1-4H3. The van der Waals surface area contributed by atoms with Gasteiger partial charge in [-0.05, 0) is 28.7 Å². The van der Waals surface area contributed by atoms with Gasteiger partial charge in [-0.15, -0.1) is 0 Å². The second-order valence-corrected chi connectivity index (χ2v) is 8.28. The number of alkyl halides is 3. The van der Waals surface area contributed by atoms with Crippen molar-refractivity contribution in [3.63, 3.8) is 0 Å². The van der Waals surface area contributed by atoms with E-state index in [-0.39, 0.29) is 16.8 Å². The third-order valence-electron chi connectivity index (χ3n) is 4.69. The molecule has 0 radical (unpaired) electrons. The number of carbonyl (C=O) groups is 1. The van der Waals surface area contributed by atoms with Gasteiger partial charge < -0.3 is 4.57 Å². The number of benzene rings is 2. The summed E-state index contributed by atoms with van der Waals surface area (Å²) in [4.78, 5) is 12.4. The summed E-state index contributed by atoms with van der Waals surface area (Å²) in [6.45, 7) is 8.73. The Morgan fingerprint density at radius 2 is 1.71 bits per heavy atom. The maximum absolute atomic E-state index is 13.5. The minimum atomic E-state index is -4.43. The van der Waals surface area contributed by atoms with Crippen LogP contribution >= 0.6 is 0 Å². The largest absolute Gasteiger partial charge is 0.417 e. The van der Waals surface area contributed by atoms with Gasteiger partial charge >= 0.3 is 6.18 Å². The number of halogens is 3. The number of nitrogens with zero attached hydrogens (tertiary/aromatic N) is 1. The fourth-order valence-corrected chi connectivity index (χ4v) is 3.50. The molecule has 0 fully saturated rings. The predicted molar refractivity (Wildman–Crippen MR) is 106 cm³/mol. The first kappa shape index (κ1) is 20.2. The van der Waals surface area contributed by atoms with E-state index in [4.69, 9.17) is 0 Å². The molecule has 2 aromatic carbocycles. The maximum Gasteiger partial charge on any atom is 0.417 e. The molecule has 0 atom stereocenters. The topological polar surface area (TPSA) is 22.0 Å².